The number of nitrogens with zero attached hydrogens (tertiary/aromatic N) is 1. The maximum atomic E-state index is 12.8. The van der Waals surface area contributed by atoms with Gasteiger partial charge in [-0.2, -0.15) is 5.10 Å². The maximum absolute atomic E-state index is 12.8. The number of amides is 2. The second-order valence-electron chi connectivity index (χ2n) is 8.50. The summed E-state index contributed by atoms with van der Waals surface area (Å²) in [6.45, 7) is 4.36. The van der Waals surface area contributed by atoms with Crippen molar-refractivity contribution in [2.24, 2.45) is 11.0 Å². The van der Waals surface area contributed by atoms with Gasteiger partial charge in [-0.1, -0.05) is 49.2 Å². The van der Waals surface area contributed by atoms with Gasteiger partial charge >= 0.3 is 0 Å². The Morgan fingerprint density at radius 1 is 1.00 bits per heavy atom. The molecule has 6 nitrogen and oxygen atoms in total. The van der Waals surface area contributed by atoms with Crippen LogP contribution in [0.15, 0.2) is 76.3 Å². The van der Waals surface area contributed by atoms with Crippen LogP contribution in [0.25, 0.3) is 0 Å². The molecule has 2 amide bonds. The van der Waals surface area contributed by atoms with Gasteiger partial charge in [0, 0.05) is 15.6 Å². The molecule has 1 atom stereocenters. The molecule has 3 aromatic carbocycles. The van der Waals surface area contributed by atoms with Gasteiger partial charge in [0.05, 0.1) is 10.7 Å². The minimum atomic E-state index is -0.735. The van der Waals surface area contributed by atoms with Gasteiger partial charge in [0.15, 0.2) is 0 Å². The van der Waals surface area contributed by atoms with Gasteiger partial charge in [-0.15, -0.1) is 0 Å². The summed E-state index contributed by atoms with van der Waals surface area (Å²) >= 11 is 15.3. The van der Waals surface area contributed by atoms with Crippen LogP contribution in [0.4, 0.5) is 0 Å². The Hall–Kier alpha value is -2.87. The highest BCUT2D eigenvalue weighted by Crippen LogP contribution is 2.26. The molecule has 188 valence electrons. The average molecular weight is 591 g/mol. The van der Waals surface area contributed by atoms with Crippen LogP contribution in [0.3, 0.4) is 0 Å². The highest BCUT2D eigenvalue weighted by atomic mass is 79.9. The third-order valence-corrected chi connectivity index (χ3v) is 6.21. The van der Waals surface area contributed by atoms with Crippen molar-refractivity contribution in [3.8, 4) is 5.75 Å². The molecule has 0 aromatic heterocycles. The van der Waals surface area contributed by atoms with E-state index in [2.05, 4.69) is 31.8 Å². The molecule has 0 saturated carbocycles. The van der Waals surface area contributed by atoms with Gasteiger partial charge in [-0.3, -0.25) is 9.59 Å². The van der Waals surface area contributed by atoms with Crippen molar-refractivity contribution in [3.05, 3.63) is 97.9 Å². The van der Waals surface area contributed by atoms with Gasteiger partial charge in [0.1, 0.15) is 18.4 Å². The predicted octanol–water partition coefficient (Wildman–Crippen LogP) is 6.63. The highest BCUT2D eigenvalue weighted by molar-refractivity contribution is 9.10. The van der Waals surface area contributed by atoms with Crippen LogP contribution in [0.5, 0.6) is 5.75 Å². The molecule has 0 aliphatic carbocycles. The summed E-state index contributed by atoms with van der Waals surface area (Å²) in [5.74, 6) is 0.110. The topological polar surface area (TPSA) is 79.8 Å². The maximum Gasteiger partial charge on any atom is 0.262 e. The molecule has 0 saturated heterocycles. The highest BCUT2D eigenvalue weighted by Gasteiger charge is 2.22. The number of carbonyl (C=O) groups is 2. The number of hydrogen-bond donors (Lipinski definition) is 2. The zero-order valence-corrected chi connectivity index (χ0v) is 22.9. The van der Waals surface area contributed by atoms with Crippen LogP contribution in [0, 0.1) is 5.92 Å². The molecule has 9 heteroatoms. The Kier molecular flexibility index (Phi) is 10.3. The number of hydrogen-bond acceptors (Lipinski definition) is 4. The lowest BCUT2D eigenvalue weighted by Gasteiger charge is -2.19. The number of benzene rings is 3. The van der Waals surface area contributed by atoms with E-state index in [1.807, 2.05) is 56.3 Å². The van der Waals surface area contributed by atoms with E-state index in [4.69, 9.17) is 27.9 Å². The normalized spacial score (nSPS) is 11.9. The molecule has 0 aliphatic heterocycles. The number of halogens is 3. The Balaban J connectivity index is 1.58. The van der Waals surface area contributed by atoms with E-state index in [1.165, 1.54) is 6.21 Å². The summed E-state index contributed by atoms with van der Waals surface area (Å²) in [6, 6.07) is 18.7. The minimum Gasteiger partial charge on any atom is -0.488 e. The molecule has 0 fully saturated rings. The van der Waals surface area contributed by atoms with Crippen LogP contribution < -0.4 is 15.5 Å². The number of carbonyl (C=O) groups excluding carboxylic acids is 2. The number of rotatable bonds is 10. The van der Waals surface area contributed by atoms with E-state index in [9.17, 15) is 9.59 Å². The summed E-state index contributed by atoms with van der Waals surface area (Å²) in [5, 5.41) is 8.06. The molecule has 0 radical (unpaired) electrons. The monoisotopic (exact) mass is 589 g/mol. The van der Waals surface area contributed by atoms with Crippen molar-refractivity contribution in [1.82, 2.24) is 10.7 Å². The summed E-state index contributed by atoms with van der Waals surface area (Å²) in [7, 11) is 0. The van der Waals surface area contributed by atoms with Crippen molar-refractivity contribution >= 4 is 57.2 Å². The van der Waals surface area contributed by atoms with Gasteiger partial charge in [-0.25, -0.2) is 5.43 Å². The van der Waals surface area contributed by atoms with Crippen LogP contribution in [-0.2, 0) is 11.4 Å². The summed E-state index contributed by atoms with van der Waals surface area (Å²) in [4.78, 5) is 25.3. The average Bonchev–Trinajstić information content (AvgIpc) is 2.84. The third-order valence-electron chi connectivity index (χ3n) is 5.09. The third kappa shape index (κ3) is 8.66. The molecule has 0 spiro atoms. The second-order valence-corrected chi connectivity index (χ2v) is 10.2. The number of hydrazone groups is 1. The SMILES string of the molecule is CC(C)CC(NC(=O)c1ccc(Cl)cc1)C(=O)NN=Cc1ccc(OCc2ccc(Cl)cc2)c(Br)c1. The standard InChI is InChI=1S/C27H26BrCl2N3O3/c1-17(2)13-24(32-26(34)20-6-10-22(30)11-7-20)27(35)33-31-15-19-5-12-25(23(28)14-19)36-16-18-3-8-21(29)9-4-18/h3-12,14-15,17,24H,13,16H2,1-2H3,(H,32,34)(H,33,35). The van der Waals surface area contributed by atoms with E-state index in [1.54, 1.807) is 24.3 Å². The van der Waals surface area contributed by atoms with Crippen LogP contribution in [-0.4, -0.2) is 24.1 Å². The lowest BCUT2D eigenvalue weighted by molar-refractivity contribution is -0.123. The molecule has 3 rings (SSSR count). The Morgan fingerprint density at radius 3 is 2.25 bits per heavy atom. The van der Waals surface area contributed by atoms with Crippen LogP contribution in [0.1, 0.15) is 41.8 Å². The van der Waals surface area contributed by atoms with E-state index in [0.717, 1.165) is 15.6 Å². The molecule has 36 heavy (non-hydrogen) atoms. The zero-order valence-electron chi connectivity index (χ0n) is 19.8. The van der Waals surface area contributed by atoms with E-state index >= 15 is 0 Å². The lowest BCUT2D eigenvalue weighted by Crippen LogP contribution is -2.46. The molecule has 0 heterocycles. The van der Waals surface area contributed by atoms with E-state index in [0.29, 0.717) is 34.4 Å². The second kappa shape index (κ2) is 13.4. The van der Waals surface area contributed by atoms with Crippen molar-refractivity contribution in [1.29, 1.82) is 0 Å². The predicted molar refractivity (Wildman–Crippen MR) is 148 cm³/mol. The van der Waals surface area contributed by atoms with Gasteiger partial charge in [0.2, 0.25) is 0 Å². The lowest BCUT2D eigenvalue weighted by atomic mass is 10.0. The molecule has 0 aliphatic rings. The zero-order chi connectivity index (χ0) is 26.1. The molecular weight excluding hydrogens is 565 g/mol. The Bertz CT molecular complexity index is 1220. The van der Waals surface area contributed by atoms with Gasteiger partial charge in [-0.05, 0) is 94.0 Å². The van der Waals surface area contributed by atoms with Crippen molar-refractivity contribution in [2.45, 2.75) is 32.9 Å². The summed E-state index contributed by atoms with van der Waals surface area (Å²) in [5.41, 5.74) is 4.70. The molecule has 1 unspecified atom stereocenters. The fraction of sp³-hybridized carbons (Fsp3) is 0.222. The van der Waals surface area contributed by atoms with Crippen molar-refractivity contribution < 1.29 is 14.3 Å². The van der Waals surface area contributed by atoms with Gasteiger partial charge < -0.3 is 10.1 Å². The first-order valence-corrected chi connectivity index (χ1v) is 12.8. The van der Waals surface area contributed by atoms with E-state index < -0.39 is 11.9 Å². The summed E-state index contributed by atoms with van der Waals surface area (Å²) < 4.78 is 6.61. The Labute approximate surface area is 229 Å². The smallest absolute Gasteiger partial charge is 0.262 e. The van der Waals surface area contributed by atoms with E-state index in [-0.39, 0.29) is 11.8 Å². The van der Waals surface area contributed by atoms with Crippen LogP contribution >= 0.6 is 39.1 Å². The minimum absolute atomic E-state index is 0.187. The first-order valence-electron chi connectivity index (χ1n) is 11.3. The first-order chi connectivity index (χ1) is 17.2. The molecule has 3 aromatic rings. The first kappa shape index (κ1) is 27.7. The largest absolute Gasteiger partial charge is 0.488 e. The number of ether oxygens (including phenoxy) is 1. The molecule has 2 N–H and O–H groups in total. The van der Waals surface area contributed by atoms with Crippen LogP contribution in [0.2, 0.25) is 10.0 Å². The van der Waals surface area contributed by atoms with Crippen molar-refractivity contribution in [2.75, 3.05) is 0 Å². The number of nitrogens with one attached hydrogen (secondary N) is 2. The molecule has 0 bridgehead atoms. The molecular formula is C27H26BrCl2N3O3. The quantitative estimate of drug-likeness (QED) is 0.205. The fourth-order valence-electron chi connectivity index (χ4n) is 3.25. The fourth-order valence-corrected chi connectivity index (χ4v) is 4.01. The van der Waals surface area contributed by atoms with Crippen molar-refractivity contribution in [3.63, 3.8) is 0 Å². The summed E-state index contributed by atoms with van der Waals surface area (Å²) in [6.07, 6.45) is 1.99. The van der Waals surface area contributed by atoms with Gasteiger partial charge in [0.25, 0.3) is 11.8 Å². The Morgan fingerprint density at radius 2 is 1.64 bits per heavy atom.